The van der Waals surface area contributed by atoms with Gasteiger partial charge >= 0.3 is 0 Å². The number of piperidine rings is 1. The van der Waals surface area contributed by atoms with Crippen LogP contribution < -0.4 is 5.73 Å². The van der Waals surface area contributed by atoms with Crippen molar-refractivity contribution in [1.82, 2.24) is 4.90 Å². The topological polar surface area (TPSA) is 29.3 Å². The molecule has 0 bridgehead atoms. The second kappa shape index (κ2) is 4.43. The average Bonchev–Trinajstić information content (AvgIpc) is 2.08. The lowest BCUT2D eigenvalue weighted by atomic mass is 9.82. The first-order chi connectivity index (χ1) is 6.03. The van der Waals surface area contributed by atoms with Crippen LogP contribution in [0.15, 0.2) is 0 Å². The van der Waals surface area contributed by atoms with E-state index >= 15 is 0 Å². The molecule has 2 nitrogen and oxygen atoms in total. The van der Waals surface area contributed by atoms with Crippen molar-refractivity contribution in [2.45, 2.75) is 46.1 Å². The summed E-state index contributed by atoms with van der Waals surface area (Å²) in [6, 6.07) is 0.376. The molecule has 1 heterocycles. The molecular formula is C11H24N2. The Morgan fingerprint density at radius 1 is 1.31 bits per heavy atom. The molecule has 13 heavy (non-hydrogen) atoms. The predicted molar refractivity (Wildman–Crippen MR) is 57.7 cm³/mol. The van der Waals surface area contributed by atoms with Crippen molar-refractivity contribution in [2.75, 3.05) is 19.6 Å². The minimum atomic E-state index is 0.376. The van der Waals surface area contributed by atoms with E-state index in [-0.39, 0.29) is 0 Å². The fourth-order valence-corrected chi connectivity index (χ4v) is 1.80. The zero-order chi connectivity index (χ0) is 9.90. The number of nitrogens with zero attached hydrogens (tertiary/aromatic N) is 1. The maximum Gasteiger partial charge on any atom is 0.0165 e. The maximum absolute atomic E-state index is 5.93. The zero-order valence-corrected chi connectivity index (χ0v) is 9.34. The summed E-state index contributed by atoms with van der Waals surface area (Å²) >= 11 is 0. The van der Waals surface area contributed by atoms with E-state index in [4.69, 9.17) is 5.73 Å². The highest BCUT2D eigenvalue weighted by molar-refractivity contribution is 4.80. The molecule has 1 rings (SSSR count). The van der Waals surface area contributed by atoms with Crippen LogP contribution in [0, 0.1) is 5.41 Å². The van der Waals surface area contributed by atoms with Crippen LogP contribution in [0.4, 0.5) is 0 Å². The van der Waals surface area contributed by atoms with Crippen molar-refractivity contribution in [2.24, 2.45) is 11.1 Å². The summed E-state index contributed by atoms with van der Waals surface area (Å²) in [7, 11) is 0. The molecule has 1 aliphatic heterocycles. The SMILES string of the molecule is CCC(N)CN1CCC(C)(C)CC1. The molecule has 0 aliphatic carbocycles. The summed E-state index contributed by atoms with van der Waals surface area (Å²) in [5.41, 5.74) is 6.49. The molecule has 1 atom stereocenters. The van der Waals surface area contributed by atoms with Crippen LogP contribution in [0.1, 0.15) is 40.0 Å². The monoisotopic (exact) mass is 184 g/mol. The molecule has 1 fully saturated rings. The first-order valence-corrected chi connectivity index (χ1v) is 5.51. The third-order valence-electron chi connectivity index (χ3n) is 3.23. The largest absolute Gasteiger partial charge is 0.327 e. The van der Waals surface area contributed by atoms with Crippen LogP contribution in [0.25, 0.3) is 0 Å². The lowest BCUT2D eigenvalue weighted by Gasteiger charge is -2.37. The van der Waals surface area contributed by atoms with Crippen molar-refractivity contribution in [3.8, 4) is 0 Å². The first-order valence-electron chi connectivity index (χ1n) is 5.51. The van der Waals surface area contributed by atoms with Gasteiger partial charge in [-0.3, -0.25) is 0 Å². The molecular weight excluding hydrogens is 160 g/mol. The predicted octanol–water partition coefficient (Wildman–Crippen LogP) is 1.85. The van der Waals surface area contributed by atoms with E-state index in [1.807, 2.05) is 0 Å². The third-order valence-corrected chi connectivity index (χ3v) is 3.23. The van der Waals surface area contributed by atoms with E-state index in [0.29, 0.717) is 11.5 Å². The third kappa shape index (κ3) is 3.65. The molecule has 0 aromatic rings. The van der Waals surface area contributed by atoms with Gasteiger partial charge in [-0.25, -0.2) is 0 Å². The van der Waals surface area contributed by atoms with Crippen LogP contribution >= 0.6 is 0 Å². The average molecular weight is 184 g/mol. The highest BCUT2D eigenvalue weighted by atomic mass is 15.1. The molecule has 1 saturated heterocycles. The Morgan fingerprint density at radius 2 is 1.85 bits per heavy atom. The normalized spacial score (nSPS) is 25.8. The molecule has 2 heteroatoms. The van der Waals surface area contributed by atoms with Crippen molar-refractivity contribution in [1.29, 1.82) is 0 Å². The van der Waals surface area contributed by atoms with E-state index in [1.165, 1.54) is 25.9 Å². The molecule has 78 valence electrons. The van der Waals surface area contributed by atoms with E-state index in [2.05, 4.69) is 25.7 Å². The summed E-state index contributed by atoms with van der Waals surface area (Å²) in [6.07, 6.45) is 3.74. The number of likely N-dealkylation sites (tertiary alicyclic amines) is 1. The minimum Gasteiger partial charge on any atom is -0.327 e. The van der Waals surface area contributed by atoms with Gasteiger partial charge in [0.25, 0.3) is 0 Å². The van der Waals surface area contributed by atoms with E-state index < -0.39 is 0 Å². The van der Waals surface area contributed by atoms with Crippen LogP contribution in [0.5, 0.6) is 0 Å². The van der Waals surface area contributed by atoms with Crippen LogP contribution in [-0.4, -0.2) is 30.6 Å². The van der Waals surface area contributed by atoms with Gasteiger partial charge in [-0.1, -0.05) is 20.8 Å². The summed E-state index contributed by atoms with van der Waals surface area (Å²) < 4.78 is 0. The highest BCUT2D eigenvalue weighted by Gasteiger charge is 2.25. The number of hydrogen-bond acceptors (Lipinski definition) is 2. The van der Waals surface area contributed by atoms with Crippen molar-refractivity contribution in [3.05, 3.63) is 0 Å². The lowest BCUT2D eigenvalue weighted by Crippen LogP contribution is -2.43. The molecule has 0 amide bonds. The summed E-state index contributed by atoms with van der Waals surface area (Å²) in [5, 5.41) is 0. The quantitative estimate of drug-likeness (QED) is 0.725. The molecule has 0 aromatic carbocycles. The zero-order valence-electron chi connectivity index (χ0n) is 9.34. The van der Waals surface area contributed by atoms with Crippen molar-refractivity contribution < 1.29 is 0 Å². The molecule has 1 aliphatic rings. The van der Waals surface area contributed by atoms with Gasteiger partial charge < -0.3 is 10.6 Å². The lowest BCUT2D eigenvalue weighted by molar-refractivity contribution is 0.126. The molecule has 0 saturated carbocycles. The standard InChI is InChI=1S/C11H24N2/c1-4-10(12)9-13-7-5-11(2,3)6-8-13/h10H,4-9,12H2,1-3H3. The van der Waals surface area contributed by atoms with Gasteiger partial charge in [0.1, 0.15) is 0 Å². The summed E-state index contributed by atoms with van der Waals surface area (Å²) in [5.74, 6) is 0. The highest BCUT2D eigenvalue weighted by Crippen LogP contribution is 2.29. The molecule has 1 unspecified atom stereocenters. The van der Waals surface area contributed by atoms with E-state index in [9.17, 15) is 0 Å². The Balaban J connectivity index is 2.25. The Kier molecular flexibility index (Phi) is 3.74. The summed E-state index contributed by atoms with van der Waals surface area (Å²) in [4.78, 5) is 2.51. The van der Waals surface area contributed by atoms with E-state index in [1.54, 1.807) is 0 Å². The Labute approximate surface area is 82.5 Å². The number of hydrogen-bond donors (Lipinski definition) is 1. The van der Waals surface area contributed by atoms with Gasteiger partial charge in [0, 0.05) is 12.6 Å². The Bertz CT molecular complexity index is 144. The second-order valence-electron chi connectivity index (χ2n) is 5.13. The summed E-state index contributed by atoms with van der Waals surface area (Å²) in [6.45, 7) is 10.5. The molecule has 2 N–H and O–H groups in total. The maximum atomic E-state index is 5.93. The molecule has 0 spiro atoms. The fourth-order valence-electron chi connectivity index (χ4n) is 1.80. The number of nitrogens with two attached hydrogens (primary N) is 1. The van der Waals surface area contributed by atoms with Crippen LogP contribution in [-0.2, 0) is 0 Å². The van der Waals surface area contributed by atoms with Gasteiger partial charge in [-0.2, -0.15) is 0 Å². The first kappa shape index (κ1) is 11.0. The smallest absolute Gasteiger partial charge is 0.0165 e. The van der Waals surface area contributed by atoms with Crippen molar-refractivity contribution >= 4 is 0 Å². The van der Waals surface area contributed by atoms with Gasteiger partial charge in [0.15, 0.2) is 0 Å². The van der Waals surface area contributed by atoms with Gasteiger partial charge in [0.05, 0.1) is 0 Å². The Morgan fingerprint density at radius 3 is 2.31 bits per heavy atom. The van der Waals surface area contributed by atoms with Crippen LogP contribution in [0.2, 0.25) is 0 Å². The van der Waals surface area contributed by atoms with Crippen LogP contribution in [0.3, 0.4) is 0 Å². The van der Waals surface area contributed by atoms with E-state index in [0.717, 1.165) is 13.0 Å². The van der Waals surface area contributed by atoms with Crippen molar-refractivity contribution in [3.63, 3.8) is 0 Å². The fraction of sp³-hybridized carbons (Fsp3) is 1.00. The number of rotatable bonds is 3. The second-order valence-corrected chi connectivity index (χ2v) is 5.13. The molecule has 0 radical (unpaired) electrons. The minimum absolute atomic E-state index is 0.376. The van der Waals surface area contributed by atoms with Gasteiger partial charge in [0.2, 0.25) is 0 Å². The molecule has 0 aromatic heterocycles. The van der Waals surface area contributed by atoms with Gasteiger partial charge in [-0.15, -0.1) is 0 Å². The van der Waals surface area contributed by atoms with Gasteiger partial charge in [-0.05, 0) is 37.8 Å². The Hall–Kier alpha value is -0.0800.